The van der Waals surface area contributed by atoms with Crippen LogP contribution in [0.25, 0.3) is 0 Å². The Morgan fingerprint density at radius 3 is 2.59 bits per heavy atom. The third-order valence-corrected chi connectivity index (χ3v) is 2.92. The van der Waals surface area contributed by atoms with Crippen molar-refractivity contribution in [2.75, 3.05) is 6.61 Å². The predicted octanol–water partition coefficient (Wildman–Crippen LogP) is 3.42. The van der Waals surface area contributed by atoms with Crippen molar-refractivity contribution in [2.24, 2.45) is 0 Å². The number of benzene rings is 1. The van der Waals surface area contributed by atoms with Crippen molar-refractivity contribution in [3.05, 3.63) is 32.9 Å². The lowest BCUT2D eigenvalue weighted by Crippen LogP contribution is -2.15. The van der Waals surface area contributed by atoms with Crippen molar-refractivity contribution < 1.29 is 22.7 Å². The quantitative estimate of drug-likeness (QED) is 0.612. The van der Waals surface area contributed by atoms with E-state index in [1.165, 1.54) is 18.2 Å². The number of halogens is 4. The first-order valence-corrected chi connectivity index (χ1v) is 5.94. The zero-order chi connectivity index (χ0) is 13.1. The molecule has 0 radical (unpaired) electrons. The van der Waals surface area contributed by atoms with E-state index in [1.807, 2.05) is 0 Å². The number of ether oxygens (including phenoxy) is 1. The molecule has 0 aliphatic heterocycles. The van der Waals surface area contributed by atoms with Crippen LogP contribution < -0.4 is 0 Å². The van der Waals surface area contributed by atoms with Crippen LogP contribution in [-0.4, -0.2) is 12.6 Å². The summed E-state index contributed by atoms with van der Waals surface area (Å²) in [7, 11) is 0. The van der Waals surface area contributed by atoms with Crippen molar-refractivity contribution in [1.82, 2.24) is 0 Å². The molecule has 1 aromatic rings. The fraction of sp³-hybridized carbons (Fsp3) is 0.364. The zero-order valence-electron chi connectivity index (χ0n) is 8.97. The summed E-state index contributed by atoms with van der Waals surface area (Å²) < 4.78 is 43.1. The highest BCUT2D eigenvalue weighted by Gasteiger charge is 2.35. The van der Waals surface area contributed by atoms with Crippen LogP contribution in [0.3, 0.4) is 0 Å². The summed E-state index contributed by atoms with van der Waals surface area (Å²) in [6.07, 6.45) is -4.82. The Balaban J connectivity index is 3.08. The molecule has 0 spiro atoms. The van der Waals surface area contributed by atoms with Gasteiger partial charge in [0.15, 0.2) is 0 Å². The van der Waals surface area contributed by atoms with Gasteiger partial charge in [0.2, 0.25) is 0 Å². The second-order valence-corrected chi connectivity index (χ2v) is 4.42. The van der Waals surface area contributed by atoms with E-state index in [-0.39, 0.29) is 22.2 Å². The molecule has 0 aliphatic rings. The number of esters is 1. The van der Waals surface area contributed by atoms with Crippen LogP contribution in [0.2, 0.25) is 0 Å². The highest BCUT2D eigenvalue weighted by molar-refractivity contribution is 14.1. The minimum absolute atomic E-state index is 0.0529. The van der Waals surface area contributed by atoms with E-state index in [0.29, 0.717) is 0 Å². The molecule has 0 saturated heterocycles. The van der Waals surface area contributed by atoms with E-state index < -0.39 is 17.7 Å². The average Bonchev–Trinajstić information content (AvgIpc) is 2.15. The summed E-state index contributed by atoms with van der Waals surface area (Å²) in [5.41, 5.74) is -0.809. The lowest BCUT2D eigenvalue weighted by molar-refractivity contribution is -0.143. The third-order valence-electron chi connectivity index (χ3n) is 2.02. The van der Waals surface area contributed by atoms with E-state index in [2.05, 4.69) is 4.74 Å². The lowest BCUT2D eigenvalue weighted by Gasteiger charge is -2.14. The van der Waals surface area contributed by atoms with Gasteiger partial charge in [0.25, 0.3) is 0 Å². The van der Waals surface area contributed by atoms with Crippen LogP contribution in [0.15, 0.2) is 18.2 Å². The van der Waals surface area contributed by atoms with Crippen molar-refractivity contribution in [2.45, 2.75) is 19.5 Å². The van der Waals surface area contributed by atoms with Gasteiger partial charge in [0.05, 0.1) is 18.6 Å². The standard InChI is InChI=1S/C11H10F3IO2/c1-2-17-9(16)6-7-4-3-5-8(15)10(7)11(12,13)14/h3-5H,2,6H2,1H3. The van der Waals surface area contributed by atoms with E-state index in [1.54, 1.807) is 29.5 Å². The van der Waals surface area contributed by atoms with Gasteiger partial charge in [-0.3, -0.25) is 4.79 Å². The van der Waals surface area contributed by atoms with Crippen molar-refractivity contribution >= 4 is 28.6 Å². The summed E-state index contributed by atoms with van der Waals surface area (Å²) in [4.78, 5) is 11.2. The third kappa shape index (κ3) is 3.86. The van der Waals surface area contributed by atoms with Gasteiger partial charge in [0.1, 0.15) is 0 Å². The zero-order valence-corrected chi connectivity index (χ0v) is 11.1. The Labute approximate surface area is 110 Å². The Kier molecular flexibility index (Phi) is 4.79. The highest BCUT2D eigenvalue weighted by atomic mass is 127. The number of carbonyl (C=O) groups excluding carboxylic acids is 1. The first-order chi connectivity index (χ1) is 7.86. The maximum atomic E-state index is 12.8. The molecule has 0 unspecified atom stereocenters. The second-order valence-electron chi connectivity index (χ2n) is 3.25. The molecule has 0 N–H and O–H groups in total. The molecule has 1 aromatic carbocycles. The van der Waals surface area contributed by atoms with Gasteiger partial charge in [0, 0.05) is 3.57 Å². The summed E-state index contributed by atoms with van der Waals surface area (Å²) in [6, 6.07) is 4.14. The molecule has 0 aromatic heterocycles. The molecule has 1 rings (SSSR count). The molecule has 17 heavy (non-hydrogen) atoms. The van der Waals surface area contributed by atoms with Crippen LogP contribution in [0.4, 0.5) is 13.2 Å². The molecular weight excluding hydrogens is 348 g/mol. The second kappa shape index (κ2) is 5.70. The van der Waals surface area contributed by atoms with Gasteiger partial charge < -0.3 is 4.74 Å². The molecule has 0 fully saturated rings. The van der Waals surface area contributed by atoms with Crippen LogP contribution >= 0.6 is 22.6 Å². The number of alkyl halides is 3. The Hall–Kier alpha value is -0.790. The molecule has 0 amide bonds. The maximum Gasteiger partial charge on any atom is 0.417 e. The summed E-state index contributed by atoms with van der Waals surface area (Å²) >= 11 is 1.61. The van der Waals surface area contributed by atoms with Crippen LogP contribution in [0.1, 0.15) is 18.1 Å². The largest absolute Gasteiger partial charge is 0.466 e. The molecule has 0 heterocycles. The molecule has 0 aliphatic carbocycles. The molecule has 94 valence electrons. The maximum absolute atomic E-state index is 12.8. The first-order valence-electron chi connectivity index (χ1n) is 4.86. The van der Waals surface area contributed by atoms with E-state index in [0.717, 1.165) is 0 Å². The van der Waals surface area contributed by atoms with Gasteiger partial charge in [-0.25, -0.2) is 0 Å². The summed E-state index contributed by atoms with van der Waals surface area (Å²) in [5.74, 6) is -0.653. The van der Waals surface area contributed by atoms with Crippen LogP contribution in [-0.2, 0) is 22.1 Å². The molecule has 2 nitrogen and oxygen atoms in total. The van der Waals surface area contributed by atoms with E-state index in [4.69, 9.17) is 0 Å². The van der Waals surface area contributed by atoms with Gasteiger partial charge in [-0.2, -0.15) is 13.2 Å². The van der Waals surface area contributed by atoms with Crippen LogP contribution in [0.5, 0.6) is 0 Å². The minimum Gasteiger partial charge on any atom is -0.466 e. The fourth-order valence-electron chi connectivity index (χ4n) is 1.40. The van der Waals surface area contributed by atoms with Gasteiger partial charge >= 0.3 is 12.1 Å². The Morgan fingerprint density at radius 2 is 2.06 bits per heavy atom. The lowest BCUT2D eigenvalue weighted by atomic mass is 10.0. The van der Waals surface area contributed by atoms with Crippen LogP contribution in [0, 0.1) is 3.57 Å². The summed E-state index contributed by atoms with van der Waals surface area (Å²) in [5, 5.41) is 0. The van der Waals surface area contributed by atoms with Crippen molar-refractivity contribution in [1.29, 1.82) is 0 Å². The monoisotopic (exact) mass is 358 g/mol. The average molecular weight is 358 g/mol. The fourth-order valence-corrected chi connectivity index (χ4v) is 2.26. The normalized spacial score (nSPS) is 11.4. The highest BCUT2D eigenvalue weighted by Crippen LogP contribution is 2.35. The molecule has 6 heteroatoms. The SMILES string of the molecule is CCOC(=O)Cc1cccc(I)c1C(F)(F)F. The number of hydrogen-bond acceptors (Lipinski definition) is 2. The Bertz CT molecular complexity index is 416. The minimum atomic E-state index is -4.46. The van der Waals surface area contributed by atoms with E-state index >= 15 is 0 Å². The first kappa shape index (κ1) is 14.3. The van der Waals surface area contributed by atoms with Gasteiger partial charge in [-0.15, -0.1) is 0 Å². The molecule has 0 atom stereocenters. The smallest absolute Gasteiger partial charge is 0.417 e. The summed E-state index contributed by atoms with van der Waals surface area (Å²) in [6.45, 7) is 1.77. The topological polar surface area (TPSA) is 26.3 Å². The molecule has 0 saturated carbocycles. The predicted molar refractivity (Wildman–Crippen MR) is 64.5 cm³/mol. The van der Waals surface area contributed by atoms with Crippen molar-refractivity contribution in [3.63, 3.8) is 0 Å². The van der Waals surface area contributed by atoms with Gasteiger partial charge in [-0.1, -0.05) is 12.1 Å². The number of rotatable bonds is 3. The number of carbonyl (C=O) groups is 1. The van der Waals surface area contributed by atoms with Crippen molar-refractivity contribution in [3.8, 4) is 0 Å². The van der Waals surface area contributed by atoms with Gasteiger partial charge in [-0.05, 0) is 41.1 Å². The van der Waals surface area contributed by atoms with E-state index in [9.17, 15) is 18.0 Å². The number of hydrogen-bond donors (Lipinski definition) is 0. The Morgan fingerprint density at radius 1 is 1.41 bits per heavy atom. The molecule has 0 bridgehead atoms. The molecular formula is C11H10F3IO2.